The van der Waals surface area contributed by atoms with Gasteiger partial charge in [-0.15, -0.1) is 11.6 Å². The molecule has 1 aromatic carbocycles. The maximum Gasteiger partial charge on any atom is 0.341 e. The number of carboxylic acid groups (broad SMARTS) is 1. The molecule has 0 aliphatic rings. The first-order valence-electron chi connectivity index (χ1n) is 4.45. The molecule has 16 heavy (non-hydrogen) atoms. The number of halogens is 1. The number of hydrogen-bond donors (Lipinski definition) is 2. The van der Waals surface area contributed by atoms with Crippen molar-refractivity contribution in [2.45, 2.75) is 0 Å². The third kappa shape index (κ3) is 4.18. The molecule has 0 bridgehead atoms. The lowest BCUT2D eigenvalue weighted by Crippen LogP contribution is -2.12. The number of hydrogen-bond acceptors (Lipinski definition) is 3. The van der Waals surface area contributed by atoms with Crippen molar-refractivity contribution in [3.63, 3.8) is 0 Å². The van der Waals surface area contributed by atoms with Gasteiger partial charge in [0, 0.05) is 6.07 Å². The largest absolute Gasteiger partial charge is 0.482 e. The molecule has 0 atom stereocenters. The zero-order valence-electron chi connectivity index (χ0n) is 8.39. The van der Waals surface area contributed by atoms with Gasteiger partial charge in [-0.25, -0.2) is 9.79 Å². The molecule has 0 saturated carbocycles. The molecule has 0 aromatic heterocycles. The second-order valence-corrected chi connectivity index (χ2v) is 3.18. The van der Waals surface area contributed by atoms with Gasteiger partial charge >= 0.3 is 5.97 Å². The highest BCUT2D eigenvalue weighted by atomic mass is 35.5. The van der Waals surface area contributed by atoms with Gasteiger partial charge in [-0.05, 0) is 12.1 Å². The van der Waals surface area contributed by atoms with Crippen LogP contribution in [0.2, 0.25) is 0 Å². The summed E-state index contributed by atoms with van der Waals surface area (Å²) in [5.74, 6) is -0.183. The van der Waals surface area contributed by atoms with E-state index in [1.54, 1.807) is 24.3 Å². The molecule has 0 spiro atoms. The topological polar surface area (TPSA) is 84.9 Å². The number of nitrogens with two attached hydrogens (primary N) is 1. The fourth-order valence-electron chi connectivity index (χ4n) is 0.984. The van der Waals surface area contributed by atoms with E-state index in [9.17, 15) is 4.79 Å². The van der Waals surface area contributed by atoms with Gasteiger partial charge in [0.1, 0.15) is 11.6 Å². The van der Waals surface area contributed by atoms with Crippen molar-refractivity contribution >= 4 is 29.1 Å². The molecule has 0 heterocycles. The monoisotopic (exact) mass is 242 g/mol. The predicted octanol–water partition coefficient (Wildman–Crippen LogP) is 1.38. The number of ether oxygens (including phenoxy) is 1. The number of carbonyl (C=O) groups is 1. The molecule has 1 aromatic rings. The van der Waals surface area contributed by atoms with Gasteiger partial charge in [0.15, 0.2) is 6.61 Å². The van der Waals surface area contributed by atoms with Crippen LogP contribution in [0.3, 0.4) is 0 Å². The number of aliphatic imine (C=N–C) groups is 1. The first-order chi connectivity index (χ1) is 7.61. The van der Waals surface area contributed by atoms with Gasteiger partial charge in [0.2, 0.25) is 0 Å². The van der Waals surface area contributed by atoms with Crippen LogP contribution in [0.5, 0.6) is 5.75 Å². The van der Waals surface area contributed by atoms with E-state index < -0.39 is 12.6 Å². The van der Waals surface area contributed by atoms with Crippen LogP contribution in [0, 0.1) is 0 Å². The lowest BCUT2D eigenvalue weighted by Gasteiger charge is -2.03. The first kappa shape index (κ1) is 12.3. The summed E-state index contributed by atoms with van der Waals surface area (Å²) in [6.07, 6.45) is 0. The fourth-order valence-corrected chi connectivity index (χ4v) is 1.04. The molecule has 1 rings (SSSR count). The van der Waals surface area contributed by atoms with Crippen LogP contribution in [0.1, 0.15) is 0 Å². The van der Waals surface area contributed by atoms with Gasteiger partial charge in [-0.3, -0.25) is 0 Å². The molecule has 3 N–H and O–H groups in total. The number of rotatable bonds is 5. The summed E-state index contributed by atoms with van der Waals surface area (Å²) >= 11 is 5.48. The van der Waals surface area contributed by atoms with E-state index in [4.69, 9.17) is 27.2 Å². The molecule has 0 radical (unpaired) electrons. The normalized spacial score (nSPS) is 11.2. The molecule has 0 unspecified atom stereocenters. The smallest absolute Gasteiger partial charge is 0.341 e. The van der Waals surface area contributed by atoms with E-state index in [2.05, 4.69) is 4.99 Å². The summed E-state index contributed by atoms with van der Waals surface area (Å²) in [5.41, 5.74) is 6.03. The summed E-state index contributed by atoms with van der Waals surface area (Å²) in [6.45, 7) is -0.391. The van der Waals surface area contributed by atoms with Crippen LogP contribution in [0.25, 0.3) is 0 Å². The Kier molecular flexibility index (Phi) is 4.60. The van der Waals surface area contributed by atoms with Crippen molar-refractivity contribution in [1.82, 2.24) is 0 Å². The molecule has 0 aliphatic heterocycles. The van der Waals surface area contributed by atoms with Crippen LogP contribution in [-0.2, 0) is 4.79 Å². The Balaban J connectivity index is 2.75. The summed E-state index contributed by atoms with van der Waals surface area (Å²) in [5, 5.41) is 8.44. The molecule has 0 saturated heterocycles. The van der Waals surface area contributed by atoms with Crippen LogP contribution in [-0.4, -0.2) is 29.4 Å². The Hall–Kier alpha value is -1.75. The lowest BCUT2D eigenvalue weighted by atomic mass is 10.3. The highest BCUT2D eigenvalue weighted by molar-refractivity contribution is 6.28. The summed E-state index contributed by atoms with van der Waals surface area (Å²) in [7, 11) is 0. The molecule has 0 amide bonds. The molecule has 0 aliphatic carbocycles. The number of carboxylic acids is 1. The molecular weight excluding hydrogens is 232 g/mol. The molecule has 6 heteroatoms. The van der Waals surface area contributed by atoms with E-state index in [0.717, 1.165) is 0 Å². The molecule has 0 fully saturated rings. The number of benzene rings is 1. The first-order valence-corrected chi connectivity index (χ1v) is 4.99. The minimum absolute atomic E-state index is 0.139. The number of amidine groups is 1. The quantitative estimate of drug-likeness (QED) is 0.464. The second-order valence-electron chi connectivity index (χ2n) is 2.92. The number of alkyl halides is 1. The minimum Gasteiger partial charge on any atom is -0.482 e. The number of nitrogens with zero attached hydrogens (tertiary/aromatic N) is 1. The average molecular weight is 243 g/mol. The maximum atomic E-state index is 10.3. The zero-order valence-corrected chi connectivity index (χ0v) is 9.15. The highest BCUT2D eigenvalue weighted by Gasteiger charge is 2.00. The Morgan fingerprint density at radius 1 is 1.56 bits per heavy atom. The van der Waals surface area contributed by atoms with Gasteiger partial charge in [0.05, 0.1) is 11.6 Å². The Labute approximate surface area is 97.5 Å². The molecule has 86 valence electrons. The second kappa shape index (κ2) is 5.97. The maximum absolute atomic E-state index is 10.3. The predicted molar refractivity (Wildman–Crippen MR) is 61.6 cm³/mol. The summed E-state index contributed by atoms with van der Waals surface area (Å²) in [6, 6.07) is 6.63. The van der Waals surface area contributed by atoms with Crippen LogP contribution in [0.4, 0.5) is 5.69 Å². The Morgan fingerprint density at radius 3 is 2.94 bits per heavy atom. The van der Waals surface area contributed by atoms with Crippen LogP contribution in [0.15, 0.2) is 29.3 Å². The lowest BCUT2D eigenvalue weighted by molar-refractivity contribution is -0.139. The van der Waals surface area contributed by atoms with Gasteiger partial charge in [-0.2, -0.15) is 0 Å². The van der Waals surface area contributed by atoms with Crippen molar-refractivity contribution in [2.24, 2.45) is 10.7 Å². The zero-order chi connectivity index (χ0) is 12.0. The summed E-state index contributed by atoms with van der Waals surface area (Å²) < 4.78 is 4.98. The van der Waals surface area contributed by atoms with Crippen molar-refractivity contribution in [3.05, 3.63) is 24.3 Å². The van der Waals surface area contributed by atoms with Crippen LogP contribution < -0.4 is 10.5 Å². The van der Waals surface area contributed by atoms with Crippen molar-refractivity contribution in [3.8, 4) is 5.75 Å². The van der Waals surface area contributed by atoms with Gasteiger partial charge in [0.25, 0.3) is 0 Å². The standard InChI is InChI=1S/C10H11ClN2O3/c11-5-9(12)13-7-2-1-3-8(4-7)16-6-10(14)15/h1-4H,5-6H2,(H2,12,13)(H,14,15). The molecule has 5 nitrogen and oxygen atoms in total. The van der Waals surface area contributed by atoms with Crippen molar-refractivity contribution in [1.29, 1.82) is 0 Å². The third-order valence-corrected chi connectivity index (χ3v) is 1.86. The third-order valence-electron chi connectivity index (χ3n) is 1.59. The van der Waals surface area contributed by atoms with E-state index in [-0.39, 0.29) is 11.7 Å². The van der Waals surface area contributed by atoms with Gasteiger partial charge in [-0.1, -0.05) is 6.07 Å². The van der Waals surface area contributed by atoms with Gasteiger partial charge < -0.3 is 15.6 Å². The van der Waals surface area contributed by atoms with E-state index in [1.165, 1.54) is 0 Å². The Bertz CT molecular complexity index is 407. The van der Waals surface area contributed by atoms with Crippen molar-refractivity contribution in [2.75, 3.05) is 12.5 Å². The van der Waals surface area contributed by atoms with E-state index in [1.807, 2.05) is 0 Å². The Morgan fingerprint density at radius 2 is 2.31 bits per heavy atom. The van der Waals surface area contributed by atoms with Crippen LogP contribution >= 0.6 is 11.6 Å². The summed E-state index contributed by atoms with van der Waals surface area (Å²) in [4.78, 5) is 14.3. The van der Waals surface area contributed by atoms with E-state index >= 15 is 0 Å². The number of aliphatic carboxylic acids is 1. The molecular formula is C10H11ClN2O3. The SMILES string of the molecule is NC(CCl)=Nc1cccc(OCC(=O)O)c1. The minimum atomic E-state index is -1.03. The van der Waals surface area contributed by atoms with E-state index in [0.29, 0.717) is 11.4 Å². The highest BCUT2D eigenvalue weighted by Crippen LogP contribution is 2.19. The van der Waals surface area contributed by atoms with Crippen molar-refractivity contribution < 1.29 is 14.6 Å². The average Bonchev–Trinajstić information content (AvgIpc) is 2.26. The fraction of sp³-hybridized carbons (Fsp3) is 0.200.